The summed E-state index contributed by atoms with van der Waals surface area (Å²) in [6, 6.07) is 15.7. The van der Waals surface area contributed by atoms with Crippen molar-refractivity contribution in [1.29, 1.82) is 0 Å². The first-order chi connectivity index (χ1) is 12.2. The normalized spacial score (nSPS) is 22.0. The van der Waals surface area contributed by atoms with E-state index in [0.29, 0.717) is 12.2 Å². The number of anilines is 1. The van der Waals surface area contributed by atoms with Crippen LogP contribution in [0.4, 0.5) is 5.69 Å². The van der Waals surface area contributed by atoms with E-state index in [9.17, 15) is 9.59 Å². The van der Waals surface area contributed by atoms with E-state index < -0.39 is 12.1 Å². The molecule has 2 atom stereocenters. The maximum absolute atomic E-state index is 12.8. The summed E-state index contributed by atoms with van der Waals surface area (Å²) in [5.41, 5.74) is 2.87. The molecule has 0 spiro atoms. The van der Waals surface area contributed by atoms with E-state index in [0.717, 1.165) is 12.0 Å². The maximum Gasteiger partial charge on any atom is 0.263 e. The van der Waals surface area contributed by atoms with Gasteiger partial charge in [-0.05, 0) is 29.7 Å². The molecule has 0 aliphatic carbocycles. The highest BCUT2D eigenvalue weighted by Gasteiger charge is 2.54. The Morgan fingerprint density at radius 3 is 2.28 bits per heavy atom. The molecule has 0 bridgehead atoms. The molecular formula is C19H18N4O2. The second kappa shape index (κ2) is 6.12. The zero-order valence-electron chi connectivity index (χ0n) is 13.9. The van der Waals surface area contributed by atoms with Crippen LogP contribution in [0.5, 0.6) is 0 Å². The lowest BCUT2D eigenvalue weighted by atomic mass is 10.1. The Morgan fingerprint density at radius 1 is 0.920 bits per heavy atom. The topological polar surface area (TPSA) is 65.3 Å². The molecular weight excluding hydrogens is 316 g/mol. The second-order valence-electron chi connectivity index (χ2n) is 6.21. The Kier molecular flexibility index (Phi) is 3.80. The lowest BCUT2D eigenvalue weighted by molar-refractivity contribution is -0.123. The summed E-state index contributed by atoms with van der Waals surface area (Å²) >= 11 is 0. The highest BCUT2D eigenvalue weighted by atomic mass is 16.2. The summed E-state index contributed by atoms with van der Waals surface area (Å²) in [7, 11) is 0. The third-order valence-electron chi connectivity index (χ3n) is 4.65. The van der Waals surface area contributed by atoms with E-state index in [-0.39, 0.29) is 11.8 Å². The number of rotatable bonds is 4. The molecule has 126 valence electrons. The van der Waals surface area contributed by atoms with Crippen molar-refractivity contribution in [3.63, 3.8) is 0 Å². The summed E-state index contributed by atoms with van der Waals surface area (Å²) in [6.07, 6.45) is 0.980. The number of imide groups is 1. The number of carbonyl (C=O) groups excluding carboxylic acids is 2. The van der Waals surface area contributed by atoms with Crippen LogP contribution >= 0.6 is 0 Å². The summed E-state index contributed by atoms with van der Waals surface area (Å²) < 4.78 is 0. The monoisotopic (exact) mass is 334 g/mol. The van der Waals surface area contributed by atoms with Gasteiger partial charge in [-0.1, -0.05) is 54.6 Å². The molecule has 2 aliphatic rings. The van der Waals surface area contributed by atoms with Crippen LogP contribution in [-0.2, 0) is 22.6 Å². The van der Waals surface area contributed by atoms with Crippen LogP contribution in [0.3, 0.4) is 0 Å². The fourth-order valence-electron chi connectivity index (χ4n) is 3.25. The highest BCUT2D eigenvalue weighted by molar-refractivity contribution is 6.25. The average molecular weight is 334 g/mol. The van der Waals surface area contributed by atoms with Crippen molar-refractivity contribution in [2.45, 2.75) is 32.0 Å². The number of nitrogens with zero attached hydrogens (tertiary/aromatic N) is 4. The summed E-state index contributed by atoms with van der Waals surface area (Å²) in [5, 5.41) is 9.75. The van der Waals surface area contributed by atoms with Gasteiger partial charge in [-0.2, -0.15) is 5.11 Å². The number of benzene rings is 2. The fourth-order valence-corrected chi connectivity index (χ4v) is 3.25. The first-order valence-electron chi connectivity index (χ1n) is 8.37. The van der Waals surface area contributed by atoms with Gasteiger partial charge < -0.3 is 0 Å². The molecule has 6 heteroatoms. The van der Waals surface area contributed by atoms with Crippen LogP contribution in [0.1, 0.15) is 18.1 Å². The van der Waals surface area contributed by atoms with Crippen LogP contribution < -0.4 is 4.90 Å². The van der Waals surface area contributed by atoms with Crippen molar-refractivity contribution in [2.75, 3.05) is 4.90 Å². The van der Waals surface area contributed by atoms with Crippen molar-refractivity contribution in [2.24, 2.45) is 10.3 Å². The number of hydrogen-bond donors (Lipinski definition) is 0. The standard InChI is InChI=1S/C19H18N4O2/c1-2-13-8-10-14(11-9-13)12-22-17-16(20-21-22)18(24)23(19(17)25)15-6-4-3-5-7-15/h3-11,16-17H,2,12H2,1H3/t16-,17+/m0/s1. The van der Waals surface area contributed by atoms with E-state index >= 15 is 0 Å². The Morgan fingerprint density at radius 2 is 1.60 bits per heavy atom. The fraction of sp³-hybridized carbons (Fsp3) is 0.263. The SMILES string of the molecule is CCc1ccc(CN2N=N[C@@H]3C(=O)N(c4ccccc4)C(=O)[C@@H]32)cc1. The highest BCUT2D eigenvalue weighted by Crippen LogP contribution is 2.32. The number of para-hydroxylation sites is 1. The minimum atomic E-state index is -0.748. The number of fused-ring (bicyclic) bond motifs is 1. The molecule has 1 fully saturated rings. The van der Waals surface area contributed by atoms with Gasteiger partial charge in [-0.15, -0.1) is 0 Å². The molecule has 25 heavy (non-hydrogen) atoms. The predicted molar refractivity (Wildman–Crippen MR) is 92.7 cm³/mol. The maximum atomic E-state index is 12.8. The first-order valence-corrected chi connectivity index (χ1v) is 8.37. The summed E-state index contributed by atoms with van der Waals surface area (Å²) in [4.78, 5) is 26.7. The van der Waals surface area contributed by atoms with Crippen LogP contribution in [0, 0.1) is 0 Å². The summed E-state index contributed by atoms with van der Waals surface area (Å²) in [6.45, 7) is 2.56. The Bertz CT molecular complexity index is 832. The van der Waals surface area contributed by atoms with Crippen molar-refractivity contribution < 1.29 is 9.59 Å². The van der Waals surface area contributed by atoms with Gasteiger partial charge in [0.05, 0.1) is 12.2 Å². The van der Waals surface area contributed by atoms with Crippen LogP contribution in [0.15, 0.2) is 64.9 Å². The molecule has 2 amide bonds. The molecule has 4 rings (SSSR count). The molecule has 2 heterocycles. The molecule has 6 nitrogen and oxygen atoms in total. The molecule has 0 unspecified atom stereocenters. The molecule has 2 aromatic rings. The van der Waals surface area contributed by atoms with Gasteiger partial charge >= 0.3 is 0 Å². The Hall–Kier alpha value is -3.02. The zero-order chi connectivity index (χ0) is 17.4. The van der Waals surface area contributed by atoms with E-state index in [1.807, 2.05) is 18.2 Å². The molecule has 1 saturated heterocycles. The van der Waals surface area contributed by atoms with Crippen molar-refractivity contribution in [3.05, 3.63) is 65.7 Å². The Balaban J connectivity index is 1.56. The largest absolute Gasteiger partial charge is 0.271 e. The smallest absolute Gasteiger partial charge is 0.263 e. The minimum absolute atomic E-state index is 0.267. The first kappa shape index (κ1) is 15.5. The van der Waals surface area contributed by atoms with E-state index in [2.05, 4.69) is 29.4 Å². The quantitative estimate of drug-likeness (QED) is 0.808. The van der Waals surface area contributed by atoms with Crippen molar-refractivity contribution >= 4 is 17.5 Å². The average Bonchev–Trinajstić information content (AvgIpc) is 3.17. The van der Waals surface area contributed by atoms with Crippen molar-refractivity contribution in [3.8, 4) is 0 Å². The minimum Gasteiger partial charge on any atom is -0.271 e. The molecule has 0 saturated carbocycles. The Labute approximate surface area is 145 Å². The molecule has 0 radical (unpaired) electrons. The van der Waals surface area contributed by atoms with E-state index in [4.69, 9.17) is 0 Å². The van der Waals surface area contributed by atoms with E-state index in [1.165, 1.54) is 10.5 Å². The number of amides is 2. The third-order valence-corrected chi connectivity index (χ3v) is 4.65. The summed E-state index contributed by atoms with van der Waals surface area (Å²) in [5.74, 6) is -0.579. The number of hydrogen-bond acceptors (Lipinski definition) is 5. The lowest BCUT2D eigenvalue weighted by Gasteiger charge is -2.20. The van der Waals surface area contributed by atoms with Gasteiger partial charge in [-0.25, -0.2) is 4.90 Å². The van der Waals surface area contributed by atoms with Crippen LogP contribution in [-0.4, -0.2) is 28.9 Å². The van der Waals surface area contributed by atoms with Gasteiger partial charge in [0.2, 0.25) is 0 Å². The van der Waals surface area contributed by atoms with Gasteiger partial charge in [0.1, 0.15) is 0 Å². The lowest BCUT2D eigenvalue weighted by Crippen LogP contribution is -2.39. The second-order valence-corrected chi connectivity index (χ2v) is 6.21. The van der Waals surface area contributed by atoms with Crippen LogP contribution in [0.2, 0.25) is 0 Å². The molecule has 2 aliphatic heterocycles. The van der Waals surface area contributed by atoms with Gasteiger partial charge in [0, 0.05) is 0 Å². The van der Waals surface area contributed by atoms with Gasteiger partial charge in [-0.3, -0.25) is 14.6 Å². The molecule has 0 aromatic heterocycles. The van der Waals surface area contributed by atoms with Crippen molar-refractivity contribution in [1.82, 2.24) is 5.01 Å². The predicted octanol–water partition coefficient (Wildman–Crippen LogP) is 2.74. The van der Waals surface area contributed by atoms with Gasteiger partial charge in [0.15, 0.2) is 12.1 Å². The van der Waals surface area contributed by atoms with Crippen LogP contribution in [0.25, 0.3) is 0 Å². The third kappa shape index (κ3) is 2.59. The van der Waals surface area contributed by atoms with Gasteiger partial charge in [0.25, 0.3) is 11.8 Å². The molecule has 2 aromatic carbocycles. The number of carbonyl (C=O) groups is 2. The number of aryl methyl sites for hydroxylation is 1. The zero-order valence-corrected chi connectivity index (χ0v) is 13.9. The van der Waals surface area contributed by atoms with E-state index in [1.54, 1.807) is 29.3 Å². The molecule has 0 N–H and O–H groups in total.